The second kappa shape index (κ2) is 7.08. The van der Waals surface area contributed by atoms with Gasteiger partial charge < -0.3 is 15.5 Å². The van der Waals surface area contributed by atoms with Crippen LogP contribution in [-0.2, 0) is 4.79 Å². The number of carbonyl (C=O) groups is 2. The molecule has 0 saturated carbocycles. The number of hydrogen-bond acceptors (Lipinski definition) is 3. The largest absolute Gasteiger partial charge is 0.508 e. The molecule has 5 nitrogen and oxygen atoms in total. The number of halogens is 1. The van der Waals surface area contributed by atoms with E-state index in [9.17, 15) is 19.8 Å². The minimum absolute atomic E-state index is 0.0805. The van der Waals surface area contributed by atoms with Crippen molar-refractivity contribution >= 4 is 40.5 Å². The van der Waals surface area contributed by atoms with E-state index in [2.05, 4.69) is 5.32 Å². The van der Waals surface area contributed by atoms with Crippen LogP contribution in [0, 0.1) is 3.57 Å². The molecule has 3 N–H and O–H groups in total. The van der Waals surface area contributed by atoms with Crippen LogP contribution in [0.1, 0.15) is 15.9 Å². The van der Waals surface area contributed by atoms with E-state index in [1.54, 1.807) is 36.4 Å². The smallest absolute Gasteiger partial charge is 0.352 e. The number of carboxylic acid groups (broad SMARTS) is 1. The molecule has 0 unspecified atom stereocenters. The molecular weight excluding hydrogens is 397 g/mol. The van der Waals surface area contributed by atoms with E-state index in [-0.39, 0.29) is 11.4 Å². The number of phenolic OH excluding ortho intramolecular Hbond substituents is 1. The fraction of sp³-hybridized carbons (Fsp3) is 0. The summed E-state index contributed by atoms with van der Waals surface area (Å²) in [7, 11) is 0. The van der Waals surface area contributed by atoms with Crippen LogP contribution in [0.15, 0.2) is 54.2 Å². The Morgan fingerprint density at radius 3 is 2.27 bits per heavy atom. The predicted molar refractivity (Wildman–Crippen MR) is 90.3 cm³/mol. The number of benzene rings is 2. The van der Waals surface area contributed by atoms with Crippen molar-refractivity contribution in [3.63, 3.8) is 0 Å². The first-order valence-corrected chi connectivity index (χ1v) is 7.35. The summed E-state index contributed by atoms with van der Waals surface area (Å²) >= 11 is 2.01. The molecule has 112 valence electrons. The van der Waals surface area contributed by atoms with Crippen molar-refractivity contribution in [2.45, 2.75) is 0 Å². The molecule has 2 aromatic carbocycles. The third-order valence-electron chi connectivity index (χ3n) is 2.80. The van der Waals surface area contributed by atoms with Crippen molar-refractivity contribution < 1.29 is 19.8 Å². The molecule has 2 aromatic rings. The topological polar surface area (TPSA) is 86.6 Å². The number of aromatic hydroxyl groups is 1. The highest BCUT2D eigenvalue weighted by Crippen LogP contribution is 2.14. The SMILES string of the molecule is O=C(O)/C(=C/c1ccc(O)cc1)NC(=O)c1ccccc1I. The van der Waals surface area contributed by atoms with Crippen molar-refractivity contribution in [1.29, 1.82) is 0 Å². The maximum absolute atomic E-state index is 12.2. The van der Waals surface area contributed by atoms with Gasteiger partial charge in [-0.3, -0.25) is 4.79 Å². The molecule has 1 amide bonds. The van der Waals surface area contributed by atoms with Gasteiger partial charge in [-0.1, -0.05) is 24.3 Å². The summed E-state index contributed by atoms with van der Waals surface area (Å²) in [5.74, 6) is -1.65. The fourth-order valence-electron chi connectivity index (χ4n) is 1.72. The number of rotatable bonds is 4. The first-order valence-electron chi connectivity index (χ1n) is 6.27. The van der Waals surface area contributed by atoms with Gasteiger partial charge in [-0.25, -0.2) is 4.79 Å². The molecule has 0 spiro atoms. The van der Waals surface area contributed by atoms with Crippen LogP contribution in [0.2, 0.25) is 0 Å². The van der Waals surface area contributed by atoms with Crippen LogP contribution in [0.5, 0.6) is 5.75 Å². The highest BCUT2D eigenvalue weighted by Gasteiger charge is 2.15. The van der Waals surface area contributed by atoms with Crippen molar-refractivity contribution in [2.24, 2.45) is 0 Å². The van der Waals surface area contributed by atoms with Crippen LogP contribution in [0.4, 0.5) is 0 Å². The Hall–Kier alpha value is -2.35. The number of nitrogens with one attached hydrogen (secondary N) is 1. The summed E-state index contributed by atoms with van der Waals surface area (Å²) in [4.78, 5) is 23.5. The summed E-state index contributed by atoms with van der Waals surface area (Å²) in [6, 6.07) is 12.9. The molecule has 0 saturated heterocycles. The second-order valence-corrected chi connectivity index (χ2v) is 5.55. The number of aliphatic carboxylic acids is 1. The average Bonchev–Trinajstić information content (AvgIpc) is 2.49. The number of amides is 1. The maximum atomic E-state index is 12.2. The molecule has 0 aliphatic rings. The van der Waals surface area contributed by atoms with Gasteiger partial charge in [0, 0.05) is 3.57 Å². The quantitative estimate of drug-likeness (QED) is 0.536. The summed E-state index contributed by atoms with van der Waals surface area (Å²) in [6.07, 6.45) is 1.33. The first-order chi connectivity index (χ1) is 10.5. The molecular formula is C16H12INO4. The Labute approximate surface area is 140 Å². The molecule has 6 heteroatoms. The minimum Gasteiger partial charge on any atom is -0.508 e. The molecule has 0 aliphatic heterocycles. The standard InChI is InChI=1S/C16H12INO4/c17-13-4-2-1-3-12(13)15(20)18-14(16(21)22)9-10-5-7-11(19)8-6-10/h1-9,19H,(H,18,20)(H,21,22)/b14-9-. The minimum atomic E-state index is -1.24. The van der Waals surface area contributed by atoms with Crippen LogP contribution in [-0.4, -0.2) is 22.1 Å². The average molecular weight is 409 g/mol. The number of hydrogen-bond donors (Lipinski definition) is 3. The second-order valence-electron chi connectivity index (χ2n) is 4.39. The molecule has 0 bridgehead atoms. The normalized spacial score (nSPS) is 11.0. The number of phenols is 1. The van der Waals surface area contributed by atoms with Gasteiger partial charge in [0.1, 0.15) is 11.4 Å². The van der Waals surface area contributed by atoms with Gasteiger partial charge in [0.15, 0.2) is 0 Å². The third kappa shape index (κ3) is 4.08. The highest BCUT2D eigenvalue weighted by molar-refractivity contribution is 14.1. The summed E-state index contributed by atoms with van der Waals surface area (Å²) < 4.78 is 0.729. The summed E-state index contributed by atoms with van der Waals surface area (Å²) in [5.41, 5.74) is 0.717. The molecule has 2 rings (SSSR count). The Kier molecular flexibility index (Phi) is 5.16. The lowest BCUT2D eigenvalue weighted by atomic mass is 10.1. The van der Waals surface area contributed by atoms with E-state index in [4.69, 9.17) is 0 Å². The zero-order chi connectivity index (χ0) is 16.1. The van der Waals surface area contributed by atoms with E-state index in [1.165, 1.54) is 18.2 Å². The van der Waals surface area contributed by atoms with E-state index < -0.39 is 11.9 Å². The molecule has 0 aliphatic carbocycles. The molecule has 0 radical (unpaired) electrons. The maximum Gasteiger partial charge on any atom is 0.352 e. The lowest BCUT2D eigenvalue weighted by molar-refractivity contribution is -0.132. The zero-order valence-electron chi connectivity index (χ0n) is 11.3. The predicted octanol–water partition coefficient (Wildman–Crippen LogP) is 2.85. The van der Waals surface area contributed by atoms with E-state index in [0.717, 1.165) is 3.57 Å². The lowest BCUT2D eigenvalue weighted by Gasteiger charge is -2.07. The molecule has 0 atom stereocenters. The highest BCUT2D eigenvalue weighted by atomic mass is 127. The monoisotopic (exact) mass is 409 g/mol. The van der Waals surface area contributed by atoms with Gasteiger partial charge in [-0.15, -0.1) is 0 Å². The van der Waals surface area contributed by atoms with Crippen molar-refractivity contribution in [1.82, 2.24) is 5.32 Å². The van der Waals surface area contributed by atoms with Crippen LogP contribution in [0.25, 0.3) is 6.08 Å². The molecule has 0 fully saturated rings. The summed E-state index contributed by atoms with van der Waals surface area (Å²) in [5, 5.41) is 20.8. The van der Waals surface area contributed by atoms with Crippen LogP contribution in [0.3, 0.4) is 0 Å². The van der Waals surface area contributed by atoms with Gasteiger partial charge in [0.25, 0.3) is 5.91 Å². The van der Waals surface area contributed by atoms with Crippen LogP contribution >= 0.6 is 22.6 Å². The van der Waals surface area contributed by atoms with Crippen molar-refractivity contribution in [2.75, 3.05) is 0 Å². The van der Waals surface area contributed by atoms with E-state index in [0.29, 0.717) is 11.1 Å². The van der Waals surface area contributed by atoms with Gasteiger partial charge in [-0.2, -0.15) is 0 Å². The Balaban J connectivity index is 2.26. The van der Waals surface area contributed by atoms with Crippen molar-refractivity contribution in [3.05, 3.63) is 68.9 Å². The molecule has 0 aromatic heterocycles. The fourth-order valence-corrected chi connectivity index (χ4v) is 2.36. The number of carbonyl (C=O) groups excluding carboxylic acids is 1. The Morgan fingerprint density at radius 1 is 1.05 bits per heavy atom. The van der Waals surface area contributed by atoms with Crippen molar-refractivity contribution in [3.8, 4) is 5.75 Å². The number of carboxylic acids is 1. The summed E-state index contributed by atoms with van der Waals surface area (Å²) in [6.45, 7) is 0. The van der Waals surface area contributed by atoms with Gasteiger partial charge >= 0.3 is 5.97 Å². The van der Waals surface area contributed by atoms with Gasteiger partial charge in [0.2, 0.25) is 0 Å². The lowest BCUT2D eigenvalue weighted by Crippen LogP contribution is -2.27. The van der Waals surface area contributed by atoms with E-state index >= 15 is 0 Å². The third-order valence-corrected chi connectivity index (χ3v) is 3.74. The Morgan fingerprint density at radius 2 is 1.68 bits per heavy atom. The first kappa shape index (κ1) is 16.0. The van der Waals surface area contributed by atoms with Crippen LogP contribution < -0.4 is 5.32 Å². The van der Waals surface area contributed by atoms with E-state index in [1.807, 2.05) is 22.6 Å². The van der Waals surface area contributed by atoms with Gasteiger partial charge in [0.05, 0.1) is 5.56 Å². The van der Waals surface area contributed by atoms with Gasteiger partial charge in [-0.05, 0) is 58.5 Å². The zero-order valence-corrected chi connectivity index (χ0v) is 13.4. The Bertz CT molecular complexity index is 738. The molecule has 22 heavy (non-hydrogen) atoms. The molecule has 0 heterocycles.